The van der Waals surface area contributed by atoms with Gasteiger partial charge in [0.1, 0.15) is 5.82 Å². The van der Waals surface area contributed by atoms with Crippen molar-refractivity contribution in [3.05, 3.63) is 24.0 Å². The number of amides is 2. The number of anilines is 2. The summed E-state index contributed by atoms with van der Waals surface area (Å²) in [7, 11) is 0. The molecule has 0 radical (unpaired) electrons. The molecular formula is C13H16FN3O2. The van der Waals surface area contributed by atoms with Gasteiger partial charge in [0, 0.05) is 25.9 Å². The molecule has 1 aliphatic heterocycles. The minimum Gasteiger partial charge on any atom is -0.397 e. The highest BCUT2D eigenvalue weighted by Crippen LogP contribution is 2.19. The molecule has 19 heavy (non-hydrogen) atoms. The molecule has 102 valence electrons. The standard InChI is InChI=1S/C13H16FN3O2/c14-9-3-4-11(10(15)8-9)16-12(18)5-7-17-6-1-2-13(17)19/h3-4,8H,1-2,5-7,15H2,(H,16,18). The Bertz CT molecular complexity index is 505. The van der Waals surface area contributed by atoms with Crippen molar-refractivity contribution in [3.8, 4) is 0 Å². The molecule has 0 aromatic heterocycles. The van der Waals surface area contributed by atoms with Crippen molar-refractivity contribution >= 4 is 23.2 Å². The lowest BCUT2D eigenvalue weighted by molar-refractivity contribution is -0.128. The van der Waals surface area contributed by atoms with Crippen molar-refractivity contribution in [2.24, 2.45) is 0 Å². The van der Waals surface area contributed by atoms with E-state index in [1.165, 1.54) is 12.1 Å². The molecule has 3 N–H and O–H groups in total. The first-order chi connectivity index (χ1) is 9.06. The molecule has 2 amide bonds. The van der Waals surface area contributed by atoms with Gasteiger partial charge in [-0.15, -0.1) is 0 Å². The van der Waals surface area contributed by atoms with E-state index < -0.39 is 5.82 Å². The number of carbonyl (C=O) groups is 2. The molecule has 1 saturated heterocycles. The van der Waals surface area contributed by atoms with Gasteiger partial charge >= 0.3 is 0 Å². The number of hydrogen-bond donors (Lipinski definition) is 2. The van der Waals surface area contributed by atoms with Crippen LogP contribution in [0.3, 0.4) is 0 Å². The molecular weight excluding hydrogens is 249 g/mol. The quantitative estimate of drug-likeness (QED) is 0.807. The molecule has 5 nitrogen and oxygen atoms in total. The maximum Gasteiger partial charge on any atom is 0.226 e. The lowest BCUT2D eigenvalue weighted by Crippen LogP contribution is -2.28. The maximum atomic E-state index is 12.8. The number of nitrogens with zero attached hydrogens (tertiary/aromatic N) is 1. The van der Waals surface area contributed by atoms with Crippen LogP contribution in [0.1, 0.15) is 19.3 Å². The first-order valence-electron chi connectivity index (χ1n) is 6.19. The van der Waals surface area contributed by atoms with Gasteiger partial charge in [-0.05, 0) is 24.6 Å². The zero-order valence-corrected chi connectivity index (χ0v) is 10.5. The van der Waals surface area contributed by atoms with Gasteiger partial charge in [0.25, 0.3) is 0 Å². The van der Waals surface area contributed by atoms with Gasteiger partial charge in [-0.2, -0.15) is 0 Å². The second kappa shape index (κ2) is 5.69. The van der Waals surface area contributed by atoms with E-state index in [9.17, 15) is 14.0 Å². The number of rotatable bonds is 4. The van der Waals surface area contributed by atoms with Gasteiger partial charge in [-0.1, -0.05) is 0 Å². The number of halogens is 1. The molecule has 1 fully saturated rings. The highest BCUT2D eigenvalue weighted by Gasteiger charge is 2.20. The number of hydrogen-bond acceptors (Lipinski definition) is 3. The molecule has 0 aliphatic carbocycles. The van der Waals surface area contributed by atoms with Crippen molar-refractivity contribution in [1.82, 2.24) is 4.90 Å². The maximum absolute atomic E-state index is 12.8. The van der Waals surface area contributed by atoms with Gasteiger partial charge < -0.3 is 16.0 Å². The van der Waals surface area contributed by atoms with Gasteiger partial charge in [0.15, 0.2) is 0 Å². The first kappa shape index (κ1) is 13.3. The summed E-state index contributed by atoms with van der Waals surface area (Å²) in [6, 6.07) is 3.80. The van der Waals surface area contributed by atoms with E-state index in [2.05, 4.69) is 5.32 Å². The Kier molecular flexibility index (Phi) is 3.99. The molecule has 0 unspecified atom stereocenters. The van der Waals surface area contributed by atoms with E-state index in [-0.39, 0.29) is 23.9 Å². The number of nitrogens with one attached hydrogen (secondary N) is 1. The molecule has 1 aromatic rings. The number of benzene rings is 1. The lowest BCUT2D eigenvalue weighted by Gasteiger charge is -2.15. The van der Waals surface area contributed by atoms with Crippen LogP contribution in [0.4, 0.5) is 15.8 Å². The summed E-state index contributed by atoms with van der Waals surface area (Å²) >= 11 is 0. The van der Waals surface area contributed by atoms with Crippen LogP contribution in [0.5, 0.6) is 0 Å². The van der Waals surface area contributed by atoms with Crippen LogP contribution in [-0.2, 0) is 9.59 Å². The summed E-state index contributed by atoms with van der Waals surface area (Å²) in [4.78, 5) is 24.8. The van der Waals surface area contributed by atoms with Crippen LogP contribution < -0.4 is 11.1 Å². The largest absolute Gasteiger partial charge is 0.397 e. The number of nitrogen functional groups attached to an aromatic ring is 1. The smallest absolute Gasteiger partial charge is 0.226 e. The average Bonchev–Trinajstić information content (AvgIpc) is 2.76. The zero-order chi connectivity index (χ0) is 13.8. The minimum absolute atomic E-state index is 0.0918. The third kappa shape index (κ3) is 3.43. The van der Waals surface area contributed by atoms with E-state index in [1.807, 2.05) is 0 Å². The summed E-state index contributed by atoms with van der Waals surface area (Å²) in [5.41, 5.74) is 6.16. The van der Waals surface area contributed by atoms with Crippen LogP contribution in [0.15, 0.2) is 18.2 Å². The Hall–Kier alpha value is -2.11. The summed E-state index contributed by atoms with van der Waals surface area (Å²) in [6.07, 6.45) is 1.63. The zero-order valence-electron chi connectivity index (χ0n) is 10.5. The number of likely N-dealkylation sites (tertiary alicyclic amines) is 1. The first-order valence-corrected chi connectivity index (χ1v) is 6.19. The van der Waals surface area contributed by atoms with Crippen LogP contribution in [0, 0.1) is 5.82 Å². The normalized spacial score (nSPS) is 14.8. The molecule has 0 atom stereocenters. The third-order valence-corrected chi connectivity index (χ3v) is 3.07. The second-order valence-corrected chi connectivity index (χ2v) is 4.51. The third-order valence-electron chi connectivity index (χ3n) is 3.07. The van der Waals surface area contributed by atoms with Gasteiger partial charge in [0.05, 0.1) is 11.4 Å². The molecule has 1 aliphatic rings. The second-order valence-electron chi connectivity index (χ2n) is 4.51. The summed E-state index contributed by atoms with van der Waals surface area (Å²) in [6.45, 7) is 1.12. The Morgan fingerprint density at radius 2 is 2.26 bits per heavy atom. The highest BCUT2D eigenvalue weighted by molar-refractivity contribution is 5.94. The fraction of sp³-hybridized carbons (Fsp3) is 0.385. The van der Waals surface area contributed by atoms with Crippen LogP contribution in [0.2, 0.25) is 0 Å². The summed E-state index contributed by atoms with van der Waals surface area (Å²) in [5.74, 6) is -0.592. The van der Waals surface area contributed by atoms with Crippen molar-refractivity contribution in [1.29, 1.82) is 0 Å². The van der Waals surface area contributed by atoms with Crippen molar-refractivity contribution < 1.29 is 14.0 Å². The van der Waals surface area contributed by atoms with E-state index >= 15 is 0 Å². The predicted octanol–water partition coefficient (Wildman–Crippen LogP) is 1.36. The highest BCUT2D eigenvalue weighted by atomic mass is 19.1. The summed E-state index contributed by atoms with van der Waals surface area (Å²) in [5, 5.41) is 2.61. The average molecular weight is 265 g/mol. The fourth-order valence-corrected chi connectivity index (χ4v) is 2.04. The number of nitrogens with two attached hydrogens (primary N) is 1. The van der Waals surface area contributed by atoms with E-state index in [0.717, 1.165) is 12.5 Å². The monoisotopic (exact) mass is 265 g/mol. The minimum atomic E-state index is -0.446. The van der Waals surface area contributed by atoms with Crippen LogP contribution in [0.25, 0.3) is 0 Å². The molecule has 0 saturated carbocycles. The molecule has 0 bridgehead atoms. The van der Waals surface area contributed by atoms with E-state index in [4.69, 9.17) is 5.73 Å². The van der Waals surface area contributed by atoms with Crippen LogP contribution in [-0.4, -0.2) is 29.8 Å². The molecule has 0 spiro atoms. The van der Waals surface area contributed by atoms with Gasteiger partial charge in [-0.25, -0.2) is 4.39 Å². The van der Waals surface area contributed by atoms with Crippen LogP contribution >= 0.6 is 0 Å². The fourth-order valence-electron chi connectivity index (χ4n) is 2.04. The van der Waals surface area contributed by atoms with E-state index in [0.29, 0.717) is 25.2 Å². The van der Waals surface area contributed by atoms with Gasteiger partial charge in [0.2, 0.25) is 11.8 Å². The lowest BCUT2D eigenvalue weighted by atomic mass is 10.2. The van der Waals surface area contributed by atoms with Crippen molar-refractivity contribution in [3.63, 3.8) is 0 Å². The SMILES string of the molecule is Nc1cc(F)ccc1NC(=O)CCN1CCCC1=O. The Morgan fingerprint density at radius 1 is 1.47 bits per heavy atom. The molecule has 1 heterocycles. The van der Waals surface area contributed by atoms with Crippen molar-refractivity contribution in [2.45, 2.75) is 19.3 Å². The predicted molar refractivity (Wildman–Crippen MR) is 69.9 cm³/mol. The molecule has 6 heteroatoms. The topological polar surface area (TPSA) is 75.4 Å². The van der Waals surface area contributed by atoms with E-state index in [1.54, 1.807) is 4.90 Å². The molecule has 1 aromatic carbocycles. The van der Waals surface area contributed by atoms with Gasteiger partial charge in [-0.3, -0.25) is 9.59 Å². The van der Waals surface area contributed by atoms with Crippen molar-refractivity contribution in [2.75, 3.05) is 24.1 Å². The Morgan fingerprint density at radius 3 is 2.89 bits per heavy atom. The number of carbonyl (C=O) groups excluding carboxylic acids is 2. The Labute approximate surface area is 110 Å². The Balaban J connectivity index is 1.85. The summed E-state index contributed by atoms with van der Waals surface area (Å²) < 4.78 is 12.8. The molecule has 2 rings (SSSR count).